The van der Waals surface area contributed by atoms with Crippen molar-refractivity contribution in [1.29, 1.82) is 0 Å². The molecule has 0 amide bonds. The molecule has 0 saturated heterocycles. The Morgan fingerprint density at radius 1 is 1.53 bits per heavy atom. The van der Waals surface area contributed by atoms with E-state index in [2.05, 4.69) is 31.9 Å². The van der Waals surface area contributed by atoms with E-state index in [0.29, 0.717) is 15.8 Å². The van der Waals surface area contributed by atoms with Crippen molar-refractivity contribution >= 4 is 37.6 Å². The predicted octanol–water partition coefficient (Wildman–Crippen LogP) is 3.13. The zero-order chi connectivity index (χ0) is 11.6. The maximum atomic E-state index is 11.6. The minimum atomic E-state index is -0.289. The fourth-order valence-corrected chi connectivity index (χ4v) is 1.76. The Morgan fingerprint density at radius 2 is 2.13 bits per heavy atom. The number of ketones is 1. The molecule has 1 aromatic rings. The SMILES string of the molecule is COc1cc(C(=O)C(C)Br)cc(O)c1Br. The number of benzene rings is 1. The van der Waals surface area contributed by atoms with Gasteiger partial charge in [-0.25, -0.2) is 0 Å². The van der Waals surface area contributed by atoms with Gasteiger partial charge >= 0.3 is 0 Å². The molecule has 0 aromatic heterocycles. The lowest BCUT2D eigenvalue weighted by Crippen LogP contribution is -2.10. The highest BCUT2D eigenvalue weighted by Gasteiger charge is 2.16. The first-order valence-corrected chi connectivity index (χ1v) is 5.93. The predicted molar refractivity (Wildman–Crippen MR) is 65.1 cm³/mol. The fraction of sp³-hybridized carbons (Fsp3) is 0.300. The van der Waals surface area contributed by atoms with Crippen LogP contribution in [-0.4, -0.2) is 22.8 Å². The van der Waals surface area contributed by atoms with Crippen LogP contribution in [-0.2, 0) is 0 Å². The molecule has 1 unspecified atom stereocenters. The minimum Gasteiger partial charge on any atom is -0.507 e. The highest BCUT2D eigenvalue weighted by atomic mass is 79.9. The van der Waals surface area contributed by atoms with Crippen LogP contribution in [0.15, 0.2) is 16.6 Å². The van der Waals surface area contributed by atoms with Crippen LogP contribution in [0.4, 0.5) is 0 Å². The summed E-state index contributed by atoms with van der Waals surface area (Å²) >= 11 is 6.34. The van der Waals surface area contributed by atoms with Gasteiger partial charge in [0.2, 0.25) is 0 Å². The second-order valence-corrected chi connectivity index (χ2v) is 5.16. The van der Waals surface area contributed by atoms with Gasteiger partial charge in [-0.15, -0.1) is 0 Å². The molecule has 0 aliphatic rings. The zero-order valence-electron chi connectivity index (χ0n) is 8.25. The third-order valence-corrected chi connectivity index (χ3v) is 3.10. The molecule has 0 spiro atoms. The third-order valence-electron chi connectivity index (χ3n) is 1.89. The maximum absolute atomic E-state index is 11.6. The standard InChI is InChI=1S/C10H10Br2O3/c1-5(11)10(14)6-3-7(13)9(12)8(4-6)15-2/h3-5,13H,1-2H3. The lowest BCUT2D eigenvalue weighted by atomic mass is 10.1. The highest BCUT2D eigenvalue weighted by Crippen LogP contribution is 2.35. The largest absolute Gasteiger partial charge is 0.507 e. The Labute approximate surface area is 105 Å². The van der Waals surface area contributed by atoms with Gasteiger partial charge in [-0.1, -0.05) is 15.9 Å². The first-order chi connectivity index (χ1) is 6.97. The molecule has 1 atom stereocenters. The number of phenols is 1. The fourth-order valence-electron chi connectivity index (χ4n) is 1.10. The van der Waals surface area contributed by atoms with Crippen molar-refractivity contribution < 1.29 is 14.6 Å². The van der Waals surface area contributed by atoms with Crippen molar-refractivity contribution in [3.05, 3.63) is 22.2 Å². The first kappa shape index (κ1) is 12.5. The van der Waals surface area contributed by atoms with Crippen LogP contribution in [0, 0.1) is 0 Å². The van der Waals surface area contributed by atoms with E-state index in [0.717, 1.165) is 0 Å². The Kier molecular flexibility index (Phi) is 4.16. The smallest absolute Gasteiger partial charge is 0.176 e. The normalized spacial score (nSPS) is 12.3. The summed E-state index contributed by atoms with van der Waals surface area (Å²) < 4.78 is 5.47. The second-order valence-electron chi connectivity index (χ2n) is 2.99. The molecule has 0 radical (unpaired) electrons. The van der Waals surface area contributed by atoms with Crippen molar-refractivity contribution in [1.82, 2.24) is 0 Å². The van der Waals surface area contributed by atoms with E-state index < -0.39 is 0 Å². The summed E-state index contributed by atoms with van der Waals surface area (Å²) in [7, 11) is 1.48. The summed E-state index contributed by atoms with van der Waals surface area (Å²) in [6.07, 6.45) is 0. The Morgan fingerprint density at radius 3 is 2.60 bits per heavy atom. The molecular formula is C10H10Br2O3. The van der Waals surface area contributed by atoms with E-state index in [1.54, 1.807) is 13.0 Å². The van der Waals surface area contributed by atoms with Crippen molar-refractivity contribution in [2.45, 2.75) is 11.8 Å². The van der Waals surface area contributed by atoms with Gasteiger partial charge in [0.25, 0.3) is 0 Å². The molecule has 0 aliphatic carbocycles. The molecule has 1 N–H and O–H groups in total. The van der Waals surface area contributed by atoms with Crippen molar-refractivity contribution in [2.24, 2.45) is 0 Å². The van der Waals surface area contributed by atoms with Crippen molar-refractivity contribution in [3.8, 4) is 11.5 Å². The summed E-state index contributed by atoms with van der Waals surface area (Å²) in [5.41, 5.74) is 0.414. The molecule has 15 heavy (non-hydrogen) atoms. The van der Waals surface area contributed by atoms with Crippen LogP contribution < -0.4 is 4.74 Å². The zero-order valence-corrected chi connectivity index (χ0v) is 11.4. The monoisotopic (exact) mass is 336 g/mol. The number of phenolic OH excluding ortho intramolecular Hbond substituents is 1. The molecule has 0 fully saturated rings. The van der Waals surface area contributed by atoms with Crippen LogP contribution in [0.3, 0.4) is 0 Å². The summed E-state index contributed by atoms with van der Waals surface area (Å²) in [4.78, 5) is 11.4. The lowest BCUT2D eigenvalue weighted by Gasteiger charge is -2.09. The molecule has 3 nitrogen and oxygen atoms in total. The average Bonchev–Trinajstić information content (AvgIpc) is 2.20. The number of carbonyl (C=O) groups is 1. The quantitative estimate of drug-likeness (QED) is 0.681. The van der Waals surface area contributed by atoms with Gasteiger partial charge in [0.1, 0.15) is 16.0 Å². The van der Waals surface area contributed by atoms with Crippen LogP contribution in [0.25, 0.3) is 0 Å². The summed E-state index contributed by atoms with van der Waals surface area (Å²) in [6, 6.07) is 3.00. The Bertz CT molecular complexity index is 388. The molecule has 82 valence electrons. The van der Waals surface area contributed by atoms with Gasteiger partial charge < -0.3 is 9.84 Å². The lowest BCUT2D eigenvalue weighted by molar-refractivity contribution is 0.0995. The van der Waals surface area contributed by atoms with Gasteiger partial charge in [0.15, 0.2) is 5.78 Å². The summed E-state index contributed by atoms with van der Waals surface area (Å²) in [5, 5.41) is 9.55. The van der Waals surface area contributed by atoms with E-state index in [1.807, 2.05) is 0 Å². The maximum Gasteiger partial charge on any atom is 0.176 e. The number of hydrogen-bond donors (Lipinski definition) is 1. The molecule has 0 bridgehead atoms. The molecule has 1 rings (SSSR count). The molecular weight excluding hydrogens is 328 g/mol. The van der Waals surface area contributed by atoms with Crippen LogP contribution >= 0.6 is 31.9 Å². The highest BCUT2D eigenvalue weighted by molar-refractivity contribution is 9.10. The molecule has 0 heterocycles. The van der Waals surface area contributed by atoms with Crippen LogP contribution in [0.2, 0.25) is 0 Å². The molecule has 0 saturated carbocycles. The summed E-state index contributed by atoms with van der Waals surface area (Å²) in [6.45, 7) is 1.73. The van der Waals surface area contributed by atoms with E-state index in [4.69, 9.17) is 4.74 Å². The van der Waals surface area contributed by atoms with E-state index >= 15 is 0 Å². The van der Waals surface area contributed by atoms with E-state index in [9.17, 15) is 9.90 Å². The first-order valence-electron chi connectivity index (χ1n) is 4.22. The number of rotatable bonds is 3. The van der Waals surface area contributed by atoms with Crippen molar-refractivity contribution in [2.75, 3.05) is 7.11 Å². The number of hydrogen-bond acceptors (Lipinski definition) is 3. The Hall–Kier alpha value is -0.550. The molecule has 5 heteroatoms. The summed E-state index contributed by atoms with van der Waals surface area (Å²) in [5.74, 6) is 0.327. The Balaban J connectivity index is 3.22. The number of ether oxygens (including phenoxy) is 1. The van der Waals surface area contributed by atoms with Gasteiger partial charge in [-0.05, 0) is 35.0 Å². The number of carbonyl (C=O) groups excluding carboxylic acids is 1. The minimum absolute atomic E-state index is 0.00847. The van der Waals surface area contributed by atoms with E-state index in [-0.39, 0.29) is 16.4 Å². The second kappa shape index (κ2) is 4.99. The van der Waals surface area contributed by atoms with E-state index in [1.165, 1.54) is 13.2 Å². The van der Waals surface area contributed by atoms with Crippen LogP contribution in [0.1, 0.15) is 17.3 Å². The van der Waals surface area contributed by atoms with Gasteiger partial charge in [-0.3, -0.25) is 4.79 Å². The number of aromatic hydroxyl groups is 1. The average molecular weight is 338 g/mol. The third kappa shape index (κ3) is 2.72. The number of Topliss-reactive ketones (excluding diaryl/α,β-unsaturated/α-hetero) is 1. The number of halogens is 2. The van der Waals surface area contributed by atoms with Crippen molar-refractivity contribution in [3.63, 3.8) is 0 Å². The van der Waals surface area contributed by atoms with Crippen LogP contribution in [0.5, 0.6) is 11.5 Å². The molecule has 1 aromatic carbocycles. The van der Waals surface area contributed by atoms with Gasteiger partial charge in [0, 0.05) is 5.56 Å². The van der Waals surface area contributed by atoms with Gasteiger partial charge in [-0.2, -0.15) is 0 Å². The topological polar surface area (TPSA) is 46.5 Å². The number of methoxy groups -OCH3 is 1. The molecule has 0 aliphatic heterocycles. The number of alkyl halides is 1. The van der Waals surface area contributed by atoms with Gasteiger partial charge in [0.05, 0.1) is 11.9 Å².